The van der Waals surface area contributed by atoms with Crippen LogP contribution in [-0.4, -0.2) is 6.91 Å². The van der Waals surface area contributed by atoms with E-state index in [1.165, 1.54) is 22.1 Å². The van der Waals surface area contributed by atoms with Gasteiger partial charge in [0.05, 0.1) is 0 Å². The van der Waals surface area contributed by atoms with Crippen LogP contribution in [0.1, 0.15) is 16.4 Å². The van der Waals surface area contributed by atoms with E-state index in [2.05, 4.69) is 37.2 Å². The van der Waals surface area contributed by atoms with E-state index in [4.69, 9.17) is 11.6 Å². The third kappa shape index (κ3) is 0.993. The van der Waals surface area contributed by atoms with Crippen LogP contribution in [0.5, 0.6) is 0 Å². The van der Waals surface area contributed by atoms with E-state index in [9.17, 15) is 0 Å². The molecule has 1 aliphatic carbocycles. The Kier molecular flexibility index (Phi) is 1.75. The van der Waals surface area contributed by atoms with Crippen molar-refractivity contribution in [3.05, 3.63) is 53.4 Å². The molecule has 2 heteroatoms. The summed E-state index contributed by atoms with van der Waals surface area (Å²) < 4.78 is 0. The average molecular weight is 198 g/mol. The van der Waals surface area contributed by atoms with E-state index in [1.54, 1.807) is 0 Å². The van der Waals surface area contributed by atoms with E-state index in [0.29, 0.717) is 0 Å². The third-order valence-electron chi connectivity index (χ3n) is 2.76. The molecule has 0 bridgehead atoms. The number of halogens is 1. The monoisotopic (exact) mass is 198 g/mol. The second-order valence-corrected chi connectivity index (χ2v) is 3.97. The van der Waals surface area contributed by atoms with E-state index >= 15 is 0 Å². The molecule has 0 fully saturated rings. The van der Waals surface area contributed by atoms with Gasteiger partial charge in [-0.1, -0.05) is 0 Å². The zero-order valence-electron chi connectivity index (χ0n) is 7.57. The summed E-state index contributed by atoms with van der Waals surface area (Å²) in [4.78, 5) is 0. The van der Waals surface area contributed by atoms with E-state index in [0.717, 1.165) is 0 Å². The van der Waals surface area contributed by atoms with Crippen LogP contribution in [0.4, 0.5) is 0 Å². The molecule has 3 rings (SSSR count). The number of hydrogen-bond donors (Lipinski definition) is 0. The molecular weight excluding hydrogens is 190 g/mol. The average Bonchev–Trinajstić information content (AvgIpc) is 2.55. The standard InChI is InChI=1S/C12H8BCl/c14-12-10-5-2-1-4-8(10)9-6-3-7-13-11(9)12/h1-7,12H. The van der Waals surface area contributed by atoms with Crippen molar-refractivity contribution in [3.8, 4) is 11.1 Å². The first-order chi connectivity index (χ1) is 6.88. The van der Waals surface area contributed by atoms with Crippen LogP contribution in [0, 0.1) is 0 Å². The van der Waals surface area contributed by atoms with Crippen LogP contribution < -0.4 is 0 Å². The van der Waals surface area contributed by atoms with Crippen molar-refractivity contribution in [1.29, 1.82) is 0 Å². The van der Waals surface area contributed by atoms with Crippen LogP contribution in [-0.2, 0) is 0 Å². The number of benzene rings is 1. The van der Waals surface area contributed by atoms with E-state index in [1.807, 2.05) is 12.0 Å². The van der Waals surface area contributed by atoms with Crippen LogP contribution in [0.25, 0.3) is 11.1 Å². The number of hydrogen-bond acceptors (Lipinski definition) is 0. The SMILES string of the molecule is ClC1c2bcccc2-c2ccccc21. The van der Waals surface area contributed by atoms with E-state index < -0.39 is 0 Å². The first-order valence-corrected chi connectivity index (χ1v) is 5.14. The second-order valence-electron chi connectivity index (χ2n) is 3.54. The summed E-state index contributed by atoms with van der Waals surface area (Å²) in [6, 6.07) is 12.5. The minimum atomic E-state index is 0.0300. The van der Waals surface area contributed by atoms with Crippen LogP contribution in [0.2, 0.25) is 0 Å². The van der Waals surface area contributed by atoms with Gasteiger partial charge in [-0.2, -0.15) is 0 Å². The molecule has 66 valence electrons. The Bertz CT molecular complexity index is 448. The summed E-state index contributed by atoms with van der Waals surface area (Å²) in [5.74, 6) is 2.04. The predicted octanol–water partition coefficient (Wildman–Crippen LogP) is 3.33. The predicted molar refractivity (Wildman–Crippen MR) is 60.9 cm³/mol. The van der Waals surface area contributed by atoms with Crippen molar-refractivity contribution in [3.63, 3.8) is 0 Å². The van der Waals surface area contributed by atoms with Gasteiger partial charge in [0.25, 0.3) is 0 Å². The molecule has 1 unspecified atom stereocenters. The number of alkyl halides is 1. The molecule has 2 aromatic rings. The van der Waals surface area contributed by atoms with Gasteiger partial charge in [0.1, 0.15) is 0 Å². The molecule has 0 saturated carbocycles. The van der Waals surface area contributed by atoms with Gasteiger partial charge in [0.2, 0.25) is 0 Å². The molecule has 1 atom stereocenters. The molecule has 0 spiro atoms. The molecule has 1 aromatic heterocycles. The molecule has 0 saturated heterocycles. The second kappa shape index (κ2) is 2.96. The Hall–Kier alpha value is -1.08. The number of rotatable bonds is 0. The molecule has 0 radical (unpaired) electrons. The van der Waals surface area contributed by atoms with Gasteiger partial charge in [-0.05, 0) is 0 Å². The topological polar surface area (TPSA) is 0 Å². The van der Waals surface area contributed by atoms with Crippen molar-refractivity contribution in [2.75, 3.05) is 0 Å². The van der Waals surface area contributed by atoms with Crippen LogP contribution in [0.15, 0.2) is 42.4 Å². The maximum atomic E-state index is 6.37. The summed E-state index contributed by atoms with van der Waals surface area (Å²) in [5.41, 5.74) is 5.02. The fraction of sp³-hybridized carbons (Fsp3) is 0.0833. The molecule has 1 aliphatic rings. The first-order valence-electron chi connectivity index (χ1n) is 4.70. The van der Waals surface area contributed by atoms with Crippen molar-refractivity contribution in [2.24, 2.45) is 0 Å². The zero-order valence-corrected chi connectivity index (χ0v) is 8.33. The summed E-state index contributed by atoms with van der Waals surface area (Å²) >= 11 is 6.37. The van der Waals surface area contributed by atoms with Gasteiger partial charge in [-0.15, -0.1) is 0 Å². The summed E-state index contributed by atoms with van der Waals surface area (Å²) in [5, 5.41) is 0.0300. The van der Waals surface area contributed by atoms with Crippen LogP contribution >= 0.6 is 11.6 Å². The normalized spacial score (nSPS) is 17.4. The third-order valence-corrected chi connectivity index (χ3v) is 3.23. The van der Waals surface area contributed by atoms with Crippen LogP contribution in [0.3, 0.4) is 0 Å². The molecule has 1 heterocycles. The Morgan fingerprint density at radius 2 is 1.79 bits per heavy atom. The summed E-state index contributed by atoms with van der Waals surface area (Å²) in [6.07, 6.45) is 0. The fourth-order valence-corrected chi connectivity index (χ4v) is 2.47. The molecule has 0 nitrogen and oxygen atoms in total. The van der Waals surface area contributed by atoms with Crippen molar-refractivity contribution < 1.29 is 0 Å². The van der Waals surface area contributed by atoms with Crippen molar-refractivity contribution in [1.82, 2.24) is 0 Å². The van der Waals surface area contributed by atoms with Gasteiger partial charge in [-0.3, -0.25) is 0 Å². The number of fused-ring (bicyclic) bond motifs is 3. The zero-order chi connectivity index (χ0) is 9.54. The molecule has 1 aromatic carbocycles. The minimum absolute atomic E-state index is 0.0300. The Balaban J connectivity index is 2.36. The van der Waals surface area contributed by atoms with Gasteiger partial charge in [-0.25, -0.2) is 0 Å². The van der Waals surface area contributed by atoms with Gasteiger partial charge < -0.3 is 0 Å². The van der Waals surface area contributed by atoms with Gasteiger partial charge in [0, 0.05) is 0 Å². The Morgan fingerprint density at radius 1 is 1.00 bits per heavy atom. The summed E-state index contributed by atoms with van der Waals surface area (Å²) in [6.45, 7) is 2.10. The Morgan fingerprint density at radius 3 is 2.71 bits per heavy atom. The van der Waals surface area contributed by atoms with Crippen molar-refractivity contribution in [2.45, 2.75) is 5.38 Å². The quantitative estimate of drug-likeness (QED) is 0.570. The van der Waals surface area contributed by atoms with Gasteiger partial charge in [0.15, 0.2) is 0 Å². The van der Waals surface area contributed by atoms with E-state index in [-0.39, 0.29) is 5.38 Å². The molecular formula is C12H8BCl. The fourth-order valence-electron chi connectivity index (χ4n) is 2.09. The summed E-state index contributed by atoms with van der Waals surface area (Å²) in [7, 11) is 0. The Labute approximate surface area is 88.8 Å². The van der Waals surface area contributed by atoms with Gasteiger partial charge >= 0.3 is 88.4 Å². The van der Waals surface area contributed by atoms with Crippen molar-refractivity contribution >= 4 is 18.5 Å². The maximum absolute atomic E-state index is 6.37. The first kappa shape index (κ1) is 8.25. The molecule has 0 N–H and O–H groups in total. The molecule has 0 aliphatic heterocycles. The molecule has 0 amide bonds. The molecule has 14 heavy (non-hydrogen) atoms.